The number of nitrogens with zero attached hydrogens (tertiary/aromatic N) is 2. The average molecular weight is 450 g/mol. The van der Waals surface area contributed by atoms with Crippen molar-refractivity contribution in [1.29, 1.82) is 0 Å². The summed E-state index contributed by atoms with van der Waals surface area (Å²) in [5.74, 6) is -0.345. The predicted molar refractivity (Wildman–Crippen MR) is 124 cm³/mol. The molecule has 1 aromatic heterocycles. The minimum absolute atomic E-state index is 0.0220. The van der Waals surface area contributed by atoms with Crippen LogP contribution in [0, 0.1) is 5.82 Å². The molecule has 2 atom stereocenters. The van der Waals surface area contributed by atoms with Gasteiger partial charge in [0.2, 0.25) is 0 Å². The molecule has 2 aromatic carbocycles. The second kappa shape index (κ2) is 8.92. The molecule has 1 fully saturated rings. The summed E-state index contributed by atoms with van der Waals surface area (Å²) in [6.45, 7) is 4.29. The van der Waals surface area contributed by atoms with Crippen LogP contribution in [0.15, 0.2) is 66.7 Å². The van der Waals surface area contributed by atoms with Crippen molar-refractivity contribution in [1.82, 2.24) is 9.88 Å². The van der Waals surface area contributed by atoms with Crippen molar-refractivity contribution in [2.24, 2.45) is 5.73 Å². The summed E-state index contributed by atoms with van der Waals surface area (Å²) in [5.41, 5.74) is 7.20. The number of rotatable bonds is 6. The average Bonchev–Trinajstić information content (AvgIpc) is 2.82. The minimum atomic E-state index is -1.36. The molecular weight excluding hydrogens is 421 g/mol. The lowest BCUT2D eigenvalue weighted by molar-refractivity contribution is -0.0101. The standard InChI is InChI=1S/C26H28FN3O3/c1-25(12-13-30(25)24(31)33-16-18-6-4-3-5-7-18)20-14-22(19-8-10-21(27)11-9-19)29-23(15-20)26(2,32)17-28/h3-11,14-15,32H,12-13,16-17,28H2,1-2H3/t25-,26-/m0/s1. The molecule has 1 amide bonds. The highest BCUT2D eigenvalue weighted by molar-refractivity contribution is 5.71. The van der Waals surface area contributed by atoms with E-state index in [1.807, 2.05) is 43.3 Å². The molecule has 3 aromatic rings. The van der Waals surface area contributed by atoms with Crippen LogP contribution in [0.25, 0.3) is 11.3 Å². The summed E-state index contributed by atoms with van der Waals surface area (Å²) in [4.78, 5) is 19.2. The van der Waals surface area contributed by atoms with E-state index in [0.717, 1.165) is 17.5 Å². The van der Waals surface area contributed by atoms with Gasteiger partial charge in [-0.25, -0.2) is 14.2 Å². The third kappa shape index (κ3) is 4.60. The molecule has 1 aliphatic rings. The molecule has 0 aliphatic carbocycles. The number of hydrogen-bond acceptors (Lipinski definition) is 5. The van der Waals surface area contributed by atoms with Gasteiger partial charge in [-0.2, -0.15) is 0 Å². The van der Waals surface area contributed by atoms with Crippen LogP contribution in [-0.4, -0.2) is 34.2 Å². The highest BCUT2D eigenvalue weighted by atomic mass is 19.1. The summed E-state index contributed by atoms with van der Waals surface area (Å²) < 4.78 is 19.0. The van der Waals surface area contributed by atoms with Gasteiger partial charge >= 0.3 is 6.09 Å². The summed E-state index contributed by atoms with van der Waals surface area (Å²) in [6, 6.07) is 19.2. The summed E-state index contributed by atoms with van der Waals surface area (Å²) in [5, 5.41) is 10.8. The van der Waals surface area contributed by atoms with Crippen LogP contribution in [0.4, 0.5) is 9.18 Å². The number of aliphatic hydroxyl groups is 1. The fourth-order valence-electron chi connectivity index (χ4n) is 3.94. The Morgan fingerprint density at radius 3 is 2.52 bits per heavy atom. The van der Waals surface area contributed by atoms with Gasteiger partial charge in [-0.15, -0.1) is 0 Å². The van der Waals surface area contributed by atoms with Gasteiger partial charge in [0, 0.05) is 18.7 Å². The summed E-state index contributed by atoms with van der Waals surface area (Å²) in [6.07, 6.45) is 0.324. The van der Waals surface area contributed by atoms with Crippen LogP contribution in [0.5, 0.6) is 0 Å². The van der Waals surface area contributed by atoms with Gasteiger partial charge in [0.05, 0.1) is 16.9 Å². The first-order valence-electron chi connectivity index (χ1n) is 10.9. The van der Waals surface area contributed by atoms with Crippen molar-refractivity contribution in [3.8, 4) is 11.3 Å². The minimum Gasteiger partial charge on any atom is -0.445 e. The van der Waals surface area contributed by atoms with Crippen molar-refractivity contribution in [2.75, 3.05) is 13.1 Å². The highest BCUT2D eigenvalue weighted by Crippen LogP contribution is 2.42. The molecule has 172 valence electrons. The molecule has 0 saturated carbocycles. The number of ether oxygens (including phenoxy) is 1. The number of carbonyl (C=O) groups is 1. The lowest BCUT2D eigenvalue weighted by atomic mass is 9.79. The molecule has 0 radical (unpaired) electrons. The van der Waals surface area contributed by atoms with Crippen LogP contribution in [0.2, 0.25) is 0 Å². The van der Waals surface area contributed by atoms with E-state index in [1.54, 1.807) is 30.0 Å². The molecule has 0 bridgehead atoms. The van der Waals surface area contributed by atoms with Crippen molar-refractivity contribution in [2.45, 2.75) is 38.0 Å². The number of aromatic nitrogens is 1. The first-order chi connectivity index (χ1) is 15.7. The van der Waals surface area contributed by atoms with Gasteiger partial charge in [-0.05, 0) is 67.8 Å². The van der Waals surface area contributed by atoms with Gasteiger partial charge in [-0.1, -0.05) is 30.3 Å². The molecule has 1 aliphatic heterocycles. The summed E-state index contributed by atoms with van der Waals surface area (Å²) in [7, 11) is 0. The van der Waals surface area contributed by atoms with Gasteiger partial charge in [0.25, 0.3) is 0 Å². The van der Waals surface area contributed by atoms with Crippen molar-refractivity contribution in [3.63, 3.8) is 0 Å². The Labute approximate surface area is 192 Å². The fraction of sp³-hybridized carbons (Fsp3) is 0.308. The van der Waals surface area contributed by atoms with Gasteiger partial charge in [0.1, 0.15) is 18.0 Å². The Hall–Kier alpha value is -3.29. The Morgan fingerprint density at radius 2 is 1.91 bits per heavy atom. The largest absolute Gasteiger partial charge is 0.445 e. The molecule has 0 unspecified atom stereocenters. The third-order valence-corrected chi connectivity index (χ3v) is 6.38. The quantitative estimate of drug-likeness (QED) is 0.585. The van der Waals surface area contributed by atoms with E-state index >= 15 is 0 Å². The van der Waals surface area contributed by atoms with Gasteiger partial charge < -0.3 is 15.6 Å². The van der Waals surface area contributed by atoms with Crippen LogP contribution >= 0.6 is 0 Å². The van der Waals surface area contributed by atoms with Crippen molar-refractivity contribution in [3.05, 3.63) is 89.4 Å². The molecule has 1 saturated heterocycles. The summed E-state index contributed by atoms with van der Waals surface area (Å²) >= 11 is 0. The lowest BCUT2D eigenvalue weighted by Gasteiger charge is -2.50. The number of pyridine rings is 1. The van der Waals surface area contributed by atoms with E-state index in [0.29, 0.717) is 23.5 Å². The normalized spacial score (nSPS) is 19.5. The van der Waals surface area contributed by atoms with Crippen LogP contribution in [-0.2, 0) is 22.5 Å². The number of likely N-dealkylation sites (tertiary alicyclic amines) is 1. The zero-order valence-electron chi connectivity index (χ0n) is 18.8. The second-order valence-electron chi connectivity index (χ2n) is 8.83. The van der Waals surface area contributed by atoms with Crippen LogP contribution < -0.4 is 5.73 Å². The SMILES string of the molecule is C[C@](O)(CN)c1cc([C@]2(C)CCN2C(=O)OCc2ccccc2)cc(-c2ccc(F)cc2)n1. The van der Waals surface area contributed by atoms with Crippen molar-refractivity contribution < 1.29 is 19.0 Å². The van der Waals surface area contributed by atoms with Crippen LogP contribution in [0.1, 0.15) is 37.1 Å². The molecule has 7 heteroatoms. The monoisotopic (exact) mass is 449 g/mol. The molecule has 6 nitrogen and oxygen atoms in total. The van der Waals surface area contributed by atoms with E-state index < -0.39 is 17.2 Å². The Bertz CT molecular complexity index is 1140. The zero-order valence-corrected chi connectivity index (χ0v) is 18.8. The predicted octanol–water partition coefficient (Wildman–Crippen LogP) is 4.31. The maximum Gasteiger partial charge on any atom is 0.410 e. The number of amides is 1. The number of nitrogens with two attached hydrogens (primary N) is 1. The molecule has 0 spiro atoms. The topological polar surface area (TPSA) is 88.7 Å². The molecule has 2 heterocycles. The van der Waals surface area contributed by atoms with Crippen molar-refractivity contribution >= 4 is 6.09 Å². The first-order valence-corrected chi connectivity index (χ1v) is 10.9. The third-order valence-electron chi connectivity index (χ3n) is 6.38. The van der Waals surface area contributed by atoms with Crippen LogP contribution in [0.3, 0.4) is 0 Å². The molecular formula is C26H28FN3O3. The van der Waals surface area contributed by atoms with Gasteiger partial charge in [-0.3, -0.25) is 4.90 Å². The van der Waals surface area contributed by atoms with E-state index in [9.17, 15) is 14.3 Å². The smallest absolute Gasteiger partial charge is 0.410 e. The Balaban J connectivity index is 1.66. The van der Waals surface area contributed by atoms with Gasteiger partial charge in [0.15, 0.2) is 0 Å². The number of carbonyl (C=O) groups excluding carboxylic acids is 1. The second-order valence-corrected chi connectivity index (χ2v) is 8.83. The number of hydrogen-bond donors (Lipinski definition) is 2. The maximum absolute atomic E-state index is 13.5. The van der Waals surface area contributed by atoms with E-state index in [4.69, 9.17) is 10.5 Å². The Morgan fingerprint density at radius 1 is 1.21 bits per heavy atom. The van der Waals surface area contributed by atoms with E-state index in [1.165, 1.54) is 12.1 Å². The van der Waals surface area contributed by atoms with E-state index in [2.05, 4.69) is 4.98 Å². The first kappa shape index (κ1) is 22.9. The zero-order chi connectivity index (χ0) is 23.6. The van der Waals surface area contributed by atoms with E-state index in [-0.39, 0.29) is 19.0 Å². The molecule has 3 N–H and O–H groups in total. The number of halogens is 1. The number of benzene rings is 2. The lowest BCUT2D eigenvalue weighted by Crippen LogP contribution is -2.58. The molecule has 33 heavy (non-hydrogen) atoms. The highest BCUT2D eigenvalue weighted by Gasteiger charge is 2.46. The molecule has 4 rings (SSSR count). The Kier molecular flexibility index (Phi) is 6.19. The maximum atomic E-state index is 13.5. The fourth-order valence-corrected chi connectivity index (χ4v) is 3.94.